The van der Waals surface area contributed by atoms with Crippen molar-refractivity contribution in [2.75, 3.05) is 14.2 Å². The van der Waals surface area contributed by atoms with Crippen LogP contribution in [-0.2, 0) is 4.79 Å². The van der Waals surface area contributed by atoms with E-state index in [4.69, 9.17) is 14.6 Å². The monoisotopic (exact) mass is 295 g/mol. The molecule has 0 unspecified atom stereocenters. The fourth-order valence-corrected chi connectivity index (χ4v) is 2.00. The molecule has 1 amide bonds. The second-order valence-corrected chi connectivity index (χ2v) is 4.66. The lowest BCUT2D eigenvalue weighted by molar-refractivity contribution is -0.139. The van der Waals surface area contributed by atoms with Gasteiger partial charge in [0.15, 0.2) is 0 Å². The highest BCUT2D eigenvalue weighted by molar-refractivity contribution is 5.97. The Kier molecular flexibility index (Phi) is 6.02. The van der Waals surface area contributed by atoms with Gasteiger partial charge in [0.2, 0.25) is 0 Å². The maximum atomic E-state index is 12.2. The van der Waals surface area contributed by atoms with Crippen LogP contribution in [0.2, 0.25) is 0 Å². The number of ether oxygens (including phenoxy) is 2. The number of benzene rings is 1. The minimum absolute atomic E-state index is 0.302. The molecule has 0 aromatic heterocycles. The van der Waals surface area contributed by atoms with E-state index in [0.717, 1.165) is 5.56 Å². The number of carboxylic acid groups (broad SMARTS) is 1. The lowest BCUT2D eigenvalue weighted by atomic mass is 10.1. The number of amides is 1. The van der Waals surface area contributed by atoms with Crippen LogP contribution in [0, 0.1) is 6.92 Å². The third kappa shape index (κ3) is 4.11. The Bertz CT molecular complexity index is 502. The number of carboxylic acids is 1. The summed E-state index contributed by atoms with van der Waals surface area (Å²) in [6.07, 6.45) is 1.04. The number of aliphatic carboxylic acids is 1. The summed E-state index contributed by atoms with van der Waals surface area (Å²) in [4.78, 5) is 23.3. The summed E-state index contributed by atoms with van der Waals surface area (Å²) in [5, 5.41) is 11.6. The van der Waals surface area contributed by atoms with E-state index in [1.165, 1.54) is 14.2 Å². The molecule has 2 N–H and O–H groups in total. The first-order valence-electron chi connectivity index (χ1n) is 6.70. The second-order valence-electron chi connectivity index (χ2n) is 4.66. The summed E-state index contributed by atoms with van der Waals surface area (Å²) in [6.45, 7) is 3.68. The lowest BCUT2D eigenvalue weighted by Gasteiger charge is -2.16. The van der Waals surface area contributed by atoms with Gasteiger partial charge in [-0.15, -0.1) is 0 Å². The summed E-state index contributed by atoms with van der Waals surface area (Å²) in [5.74, 6) is -0.479. The molecular weight excluding hydrogens is 274 g/mol. The van der Waals surface area contributed by atoms with Crippen LogP contribution in [0.15, 0.2) is 12.1 Å². The zero-order valence-electron chi connectivity index (χ0n) is 12.7. The molecule has 0 aliphatic carbocycles. The largest absolute Gasteiger partial charge is 0.496 e. The molecule has 0 saturated heterocycles. The molecule has 0 aliphatic rings. The summed E-state index contributed by atoms with van der Waals surface area (Å²) < 4.78 is 10.4. The molecule has 1 rings (SSSR count). The maximum Gasteiger partial charge on any atom is 0.326 e. The van der Waals surface area contributed by atoms with E-state index in [1.807, 2.05) is 13.8 Å². The van der Waals surface area contributed by atoms with Gasteiger partial charge >= 0.3 is 5.97 Å². The van der Waals surface area contributed by atoms with E-state index >= 15 is 0 Å². The van der Waals surface area contributed by atoms with E-state index < -0.39 is 17.9 Å². The summed E-state index contributed by atoms with van der Waals surface area (Å²) >= 11 is 0. The van der Waals surface area contributed by atoms with Gasteiger partial charge in [0.05, 0.1) is 14.2 Å². The molecule has 1 aromatic carbocycles. The molecule has 6 heteroatoms. The summed E-state index contributed by atoms with van der Waals surface area (Å²) in [5.41, 5.74) is 1.08. The highest BCUT2D eigenvalue weighted by Crippen LogP contribution is 2.29. The van der Waals surface area contributed by atoms with Crippen molar-refractivity contribution in [3.8, 4) is 11.5 Å². The molecule has 6 nitrogen and oxygen atoms in total. The topological polar surface area (TPSA) is 84.9 Å². The van der Waals surface area contributed by atoms with Crippen molar-refractivity contribution in [3.05, 3.63) is 23.3 Å². The first-order valence-corrected chi connectivity index (χ1v) is 6.70. The highest BCUT2D eigenvalue weighted by Gasteiger charge is 2.21. The van der Waals surface area contributed by atoms with E-state index in [2.05, 4.69) is 5.32 Å². The van der Waals surface area contributed by atoms with Crippen LogP contribution in [0.1, 0.15) is 35.7 Å². The normalized spacial score (nSPS) is 11.6. The summed E-state index contributed by atoms with van der Waals surface area (Å²) in [6, 6.07) is 2.23. The Balaban J connectivity index is 3.04. The van der Waals surface area contributed by atoms with Crippen LogP contribution in [0.5, 0.6) is 11.5 Å². The van der Waals surface area contributed by atoms with Gasteiger partial charge < -0.3 is 19.9 Å². The number of rotatable bonds is 7. The molecule has 21 heavy (non-hydrogen) atoms. The van der Waals surface area contributed by atoms with E-state index in [-0.39, 0.29) is 0 Å². The summed E-state index contributed by atoms with van der Waals surface area (Å²) in [7, 11) is 3.00. The van der Waals surface area contributed by atoms with E-state index in [0.29, 0.717) is 29.9 Å². The SMILES string of the molecule is CCC[C@H](NC(=O)c1cc(OC)c(C)c(OC)c1)C(=O)O. The number of carbonyl (C=O) groups excluding carboxylic acids is 1. The van der Waals surface area contributed by atoms with Crippen LogP contribution in [-0.4, -0.2) is 37.2 Å². The molecular formula is C15H21NO5. The third-order valence-corrected chi connectivity index (χ3v) is 3.20. The second kappa shape index (κ2) is 7.52. The Hall–Kier alpha value is -2.24. The van der Waals surface area contributed by atoms with E-state index in [1.54, 1.807) is 12.1 Å². The molecule has 1 aromatic rings. The number of hydrogen-bond acceptors (Lipinski definition) is 4. The fourth-order valence-electron chi connectivity index (χ4n) is 2.00. The molecule has 0 bridgehead atoms. The molecule has 0 aliphatic heterocycles. The number of nitrogens with one attached hydrogen (secondary N) is 1. The standard InChI is InChI=1S/C15H21NO5/c1-5-6-11(15(18)19)16-14(17)10-7-12(20-3)9(2)13(8-10)21-4/h7-8,11H,5-6H2,1-4H3,(H,16,17)(H,18,19)/t11-/m0/s1. The van der Waals surface area contributed by atoms with E-state index in [9.17, 15) is 9.59 Å². The molecule has 1 atom stereocenters. The Labute approximate surface area is 124 Å². The van der Waals surface area contributed by atoms with Crippen molar-refractivity contribution in [2.24, 2.45) is 0 Å². The van der Waals surface area contributed by atoms with Crippen molar-refractivity contribution in [2.45, 2.75) is 32.7 Å². The van der Waals surface area contributed by atoms with Crippen LogP contribution in [0.25, 0.3) is 0 Å². The smallest absolute Gasteiger partial charge is 0.326 e. The first kappa shape index (κ1) is 16.8. The predicted molar refractivity (Wildman–Crippen MR) is 78.1 cm³/mol. The van der Waals surface area contributed by atoms with Crippen LogP contribution in [0.3, 0.4) is 0 Å². The van der Waals surface area contributed by atoms with Crippen LogP contribution in [0.4, 0.5) is 0 Å². The lowest BCUT2D eigenvalue weighted by Crippen LogP contribution is -2.40. The molecule has 0 fully saturated rings. The Morgan fingerprint density at radius 1 is 1.24 bits per heavy atom. The maximum absolute atomic E-state index is 12.2. The average molecular weight is 295 g/mol. The highest BCUT2D eigenvalue weighted by atomic mass is 16.5. The van der Waals surface area contributed by atoms with Gasteiger partial charge in [0, 0.05) is 11.1 Å². The quantitative estimate of drug-likeness (QED) is 0.803. The minimum atomic E-state index is -1.05. The Morgan fingerprint density at radius 2 is 1.76 bits per heavy atom. The van der Waals surface area contributed by atoms with Gasteiger partial charge in [-0.1, -0.05) is 13.3 Å². The third-order valence-electron chi connectivity index (χ3n) is 3.20. The van der Waals surface area contributed by atoms with Crippen molar-refractivity contribution in [1.29, 1.82) is 0 Å². The number of methoxy groups -OCH3 is 2. The molecule has 0 spiro atoms. The van der Waals surface area contributed by atoms with Gasteiger partial charge in [0.1, 0.15) is 17.5 Å². The average Bonchev–Trinajstić information content (AvgIpc) is 2.46. The van der Waals surface area contributed by atoms with Crippen molar-refractivity contribution >= 4 is 11.9 Å². The van der Waals surface area contributed by atoms with Gasteiger partial charge in [-0.05, 0) is 25.5 Å². The predicted octanol–water partition coefficient (Wildman–Crippen LogP) is 2.00. The van der Waals surface area contributed by atoms with Gasteiger partial charge in [0.25, 0.3) is 5.91 Å². The van der Waals surface area contributed by atoms with Crippen LogP contribution >= 0.6 is 0 Å². The number of carbonyl (C=O) groups is 2. The number of hydrogen-bond donors (Lipinski definition) is 2. The zero-order chi connectivity index (χ0) is 16.0. The molecule has 0 saturated carbocycles. The van der Waals surface area contributed by atoms with Crippen LogP contribution < -0.4 is 14.8 Å². The minimum Gasteiger partial charge on any atom is -0.496 e. The molecule has 116 valence electrons. The Morgan fingerprint density at radius 3 is 2.14 bits per heavy atom. The molecule has 0 radical (unpaired) electrons. The van der Waals surface area contributed by atoms with Crippen molar-refractivity contribution in [3.63, 3.8) is 0 Å². The fraction of sp³-hybridized carbons (Fsp3) is 0.467. The first-order chi connectivity index (χ1) is 9.94. The van der Waals surface area contributed by atoms with Gasteiger partial charge in [-0.25, -0.2) is 4.79 Å². The van der Waals surface area contributed by atoms with Crippen molar-refractivity contribution in [1.82, 2.24) is 5.32 Å². The molecule has 0 heterocycles. The van der Waals surface area contributed by atoms with Crippen molar-refractivity contribution < 1.29 is 24.2 Å². The van der Waals surface area contributed by atoms with Gasteiger partial charge in [-0.2, -0.15) is 0 Å². The van der Waals surface area contributed by atoms with Gasteiger partial charge in [-0.3, -0.25) is 4.79 Å². The zero-order valence-corrected chi connectivity index (χ0v) is 12.7.